The molecule has 20 heavy (non-hydrogen) atoms. The Bertz CT molecular complexity index is 413. The van der Waals surface area contributed by atoms with E-state index in [2.05, 4.69) is 36.5 Å². The van der Waals surface area contributed by atoms with Gasteiger partial charge in [-0.05, 0) is 36.9 Å². The minimum atomic E-state index is 0. The molecule has 1 aromatic carbocycles. The van der Waals surface area contributed by atoms with Crippen LogP contribution in [-0.4, -0.2) is 30.4 Å². The molecule has 4 heteroatoms. The first kappa shape index (κ1) is 17.0. The van der Waals surface area contributed by atoms with Crippen molar-refractivity contribution in [1.29, 1.82) is 0 Å². The second kappa shape index (κ2) is 8.28. The van der Waals surface area contributed by atoms with Gasteiger partial charge in [0.2, 0.25) is 5.91 Å². The molecule has 0 spiro atoms. The lowest BCUT2D eigenvalue weighted by Gasteiger charge is -2.27. The molecule has 1 aliphatic rings. The molecular weight excluding hydrogens is 272 g/mol. The highest BCUT2D eigenvalue weighted by molar-refractivity contribution is 5.85. The van der Waals surface area contributed by atoms with Gasteiger partial charge >= 0.3 is 0 Å². The van der Waals surface area contributed by atoms with E-state index in [0.29, 0.717) is 6.54 Å². The number of hydrogen-bond donors (Lipinski definition) is 1. The summed E-state index contributed by atoms with van der Waals surface area (Å²) in [7, 11) is 1.90. The zero-order valence-corrected chi connectivity index (χ0v) is 13.2. The van der Waals surface area contributed by atoms with Crippen LogP contribution in [0.15, 0.2) is 24.3 Å². The van der Waals surface area contributed by atoms with Crippen LogP contribution in [0.4, 0.5) is 0 Å². The molecule has 112 valence electrons. The largest absolute Gasteiger partial charge is 0.340 e. The fourth-order valence-electron chi connectivity index (χ4n) is 2.56. The number of aryl methyl sites for hydroxylation is 1. The molecule has 0 aliphatic carbocycles. The summed E-state index contributed by atoms with van der Waals surface area (Å²) in [5, 5.41) is 3.31. The summed E-state index contributed by atoms with van der Waals surface area (Å²) < 4.78 is 0. The Hall–Kier alpha value is -1.06. The minimum absolute atomic E-state index is 0. The van der Waals surface area contributed by atoms with Crippen molar-refractivity contribution in [1.82, 2.24) is 10.2 Å². The summed E-state index contributed by atoms with van der Waals surface area (Å²) >= 11 is 0. The van der Waals surface area contributed by atoms with Gasteiger partial charge in [-0.15, -0.1) is 12.4 Å². The molecule has 0 saturated carbocycles. The van der Waals surface area contributed by atoms with E-state index in [1.165, 1.54) is 17.5 Å². The van der Waals surface area contributed by atoms with Gasteiger partial charge in [-0.2, -0.15) is 0 Å². The third kappa shape index (κ3) is 4.50. The summed E-state index contributed by atoms with van der Waals surface area (Å²) in [5.41, 5.74) is 2.54. The van der Waals surface area contributed by atoms with Crippen LogP contribution in [0.25, 0.3) is 0 Å². The van der Waals surface area contributed by atoms with E-state index in [-0.39, 0.29) is 24.4 Å². The Kier molecular flexibility index (Phi) is 7.03. The maximum absolute atomic E-state index is 12.3. The third-order valence-corrected chi connectivity index (χ3v) is 3.84. The second-order valence-electron chi connectivity index (χ2n) is 5.37. The predicted octanol–water partition coefficient (Wildman–Crippen LogP) is 2.77. The lowest BCUT2D eigenvalue weighted by Crippen LogP contribution is -2.46. The highest BCUT2D eigenvalue weighted by atomic mass is 35.5. The van der Waals surface area contributed by atoms with Crippen molar-refractivity contribution in [3.8, 4) is 0 Å². The Balaban J connectivity index is 0.00000200. The van der Waals surface area contributed by atoms with Crippen molar-refractivity contribution >= 4 is 18.3 Å². The molecule has 1 N–H and O–H groups in total. The van der Waals surface area contributed by atoms with E-state index in [4.69, 9.17) is 0 Å². The highest BCUT2D eigenvalue weighted by Gasteiger charge is 2.23. The molecule has 1 heterocycles. The zero-order valence-electron chi connectivity index (χ0n) is 12.4. The van der Waals surface area contributed by atoms with Crippen LogP contribution in [0.2, 0.25) is 0 Å². The van der Waals surface area contributed by atoms with Gasteiger partial charge in [0.05, 0.1) is 6.04 Å². The molecule has 1 atom stereocenters. The Morgan fingerprint density at radius 3 is 2.45 bits per heavy atom. The Morgan fingerprint density at radius 1 is 1.25 bits per heavy atom. The first-order valence-corrected chi connectivity index (χ1v) is 7.27. The van der Waals surface area contributed by atoms with Crippen LogP contribution in [0.5, 0.6) is 0 Å². The quantitative estimate of drug-likeness (QED) is 0.926. The Morgan fingerprint density at radius 2 is 1.90 bits per heavy atom. The number of rotatable bonds is 4. The summed E-state index contributed by atoms with van der Waals surface area (Å²) in [6.07, 6.45) is 4.37. The van der Waals surface area contributed by atoms with Gasteiger partial charge in [0.15, 0.2) is 0 Å². The fourth-order valence-corrected chi connectivity index (χ4v) is 2.56. The van der Waals surface area contributed by atoms with Gasteiger partial charge in [-0.1, -0.05) is 37.6 Å². The van der Waals surface area contributed by atoms with E-state index >= 15 is 0 Å². The maximum atomic E-state index is 12.3. The van der Waals surface area contributed by atoms with Crippen molar-refractivity contribution in [2.45, 2.75) is 45.2 Å². The molecule has 2 rings (SSSR count). The summed E-state index contributed by atoms with van der Waals surface area (Å²) in [6, 6.07) is 8.56. The standard InChI is InChI=1S/C16H24N2O.ClH/c1-3-13-7-9-14(10-8-13)12-18(2)16(19)15-6-4-5-11-17-15;/h7-10,15,17H,3-6,11-12H2,1-2H3;1H/t15-;/m1./s1. The van der Waals surface area contributed by atoms with E-state index in [1.807, 2.05) is 11.9 Å². The molecular formula is C16H25ClN2O. The van der Waals surface area contributed by atoms with E-state index in [1.54, 1.807) is 0 Å². The fraction of sp³-hybridized carbons (Fsp3) is 0.562. The van der Waals surface area contributed by atoms with E-state index < -0.39 is 0 Å². The lowest BCUT2D eigenvalue weighted by molar-refractivity contribution is -0.133. The predicted molar refractivity (Wildman–Crippen MR) is 85.2 cm³/mol. The van der Waals surface area contributed by atoms with Gasteiger partial charge in [0, 0.05) is 13.6 Å². The lowest BCUT2D eigenvalue weighted by atomic mass is 10.0. The van der Waals surface area contributed by atoms with Crippen LogP contribution in [0, 0.1) is 0 Å². The van der Waals surface area contributed by atoms with Crippen molar-refractivity contribution in [3.63, 3.8) is 0 Å². The number of amides is 1. The first-order chi connectivity index (χ1) is 9.20. The first-order valence-electron chi connectivity index (χ1n) is 7.27. The number of nitrogens with one attached hydrogen (secondary N) is 1. The molecule has 1 aliphatic heterocycles. The number of halogens is 1. The number of nitrogens with zero attached hydrogens (tertiary/aromatic N) is 1. The molecule has 1 saturated heterocycles. The van der Waals surface area contributed by atoms with Gasteiger partial charge in [-0.3, -0.25) is 4.79 Å². The molecule has 1 fully saturated rings. The molecule has 1 aromatic rings. The summed E-state index contributed by atoms with van der Waals surface area (Å²) in [4.78, 5) is 14.1. The van der Waals surface area contributed by atoms with Crippen molar-refractivity contribution in [2.24, 2.45) is 0 Å². The monoisotopic (exact) mass is 296 g/mol. The minimum Gasteiger partial charge on any atom is -0.340 e. The van der Waals surface area contributed by atoms with Crippen LogP contribution < -0.4 is 5.32 Å². The molecule has 0 unspecified atom stereocenters. The molecule has 0 bridgehead atoms. The number of carbonyl (C=O) groups is 1. The van der Waals surface area contributed by atoms with E-state index in [9.17, 15) is 4.79 Å². The van der Waals surface area contributed by atoms with Gasteiger partial charge in [0.1, 0.15) is 0 Å². The average molecular weight is 297 g/mol. The van der Waals surface area contributed by atoms with Gasteiger partial charge < -0.3 is 10.2 Å². The van der Waals surface area contributed by atoms with Crippen LogP contribution in [0.1, 0.15) is 37.3 Å². The van der Waals surface area contributed by atoms with E-state index in [0.717, 1.165) is 25.8 Å². The van der Waals surface area contributed by atoms with Crippen LogP contribution >= 0.6 is 12.4 Å². The number of likely N-dealkylation sites (N-methyl/N-ethyl adjacent to an activating group) is 1. The number of carbonyl (C=O) groups excluding carboxylic acids is 1. The third-order valence-electron chi connectivity index (χ3n) is 3.84. The van der Waals surface area contributed by atoms with Crippen LogP contribution in [-0.2, 0) is 17.8 Å². The maximum Gasteiger partial charge on any atom is 0.239 e. The summed E-state index contributed by atoms with van der Waals surface area (Å²) in [6.45, 7) is 3.82. The number of benzene rings is 1. The molecule has 1 amide bonds. The van der Waals surface area contributed by atoms with Crippen molar-refractivity contribution in [2.75, 3.05) is 13.6 Å². The molecule has 0 radical (unpaired) electrons. The van der Waals surface area contributed by atoms with Gasteiger partial charge in [0.25, 0.3) is 0 Å². The second-order valence-corrected chi connectivity index (χ2v) is 5.37. The number of hydrogen-bond acceptors (Lipinski definition) is 2. The molecule has 3 nitrogen and oxygen atoms in total. The zero-order chi connectivity index (χ0) is 13.7. The topological polar surface area (TPSA) is 32.3 Å². The van der Waals surface area contributed by atoms with Crippen LogP contribution in [0.3, 0.4) is 0 Å². The smallest absolute Gasteiger partial charge is 0.239 e. The van der Waals surface area contributed by atoms with Gasteiger partial charge in [-0.25, -0.2) is 0 Å². The highest BCUT2D eigenvalue weighted by Crippen LogP contribution is 2.12. The molecule has 0 aromatic heterocycles. The summed E-state index contributed by atoms with van der Waals surface area (Å²) in [5.74, 6) is 0.222. The SMILES string of the molecule is CCc1ccc(CN(C)C(=O)[C@H]2CCCCN2)cc1.Cl. The number of piperidine rings is 1. The normalized spacial score (nSPS) is 18.2. The van der Waals surface area contributed by atoms with Crippen molar-refractivity contribution in [3.05, 3.63) is 35.4 Å². The Labute approximate surface area is 128 Å². The average Bonchev–Trinajstić information content (AvgIpc) is 2.48. The van der Waals surface area contributed by atoms with Crippen molar-refractivity contribution < 1.29 is 4.79 Å².